The average molecular weight is 263 g/mol. The number of rotatable bonds is 4. The summed E-state index contributed by atoms with van der Waals surface area (Å²) in [5, 5.41) is 0. The molecule has 2 rings (SSSR count). The molecule has 0 saturated heterocycles. The summed E-state index contributed by atoms with van der Waals surface area (Å²) in [6.07, 6.45) is 0. The van der Waals surface area contributed by atoms with E-state index in [0.717, 1.165) is 17.1 Å². The highest BCUT2D eigenvalue weighted by Crippen LogP contribution is 2.71. The number of hydrogen-bond acceptors (Lipinski definition) is 3. The van der Waals surface area contributed by atoms with Gasteiger partial charge < -0.3 is 15.2 Å². The van der Waals surface area contributed by atoms with Gasteiger partial charge in [0, 0.05) is 6.04 Å². The van der Waals surface area contributed by atoms with Crippen molar-refractivity contribution in [3.63, 3.8) is 0 Å². The van der Waals surface area contributed by atoms with Crippen LogP contribution in [-0.4, -0.2) is 14.2 Å². The van der Waals surface area contributed by atoms with E-state index in [1.54, 1.807) is 14.2 Å². The van der Waals surface area contributed by atoms with Crippen molar-refractivity contribution in [3.8, 4) is 11.5 Å². The molecule has 1 aromatic rings. The van der Waals surface area contributed by atoms with Gasteiger partial charge in [0.1, 0.15) is 0 Å². The number of nitrogens with two attached hydrogens (primary N) is 1. The Hall–Kier alpha value is -1.22. The van der Waals surface area contributed by atoms with Crippen LogP contribution in [-0.2, 0) is 0 Å². The highest BCUT2D eigenvalue weighted by atomic mass is 16.5. The molecule has 1 aromatic carbocycles. The molecule has 1 aliphatic rings. The predicted octanol–water partition coefficient (Wildman–Crippen LogP) is 3.39. The summed E-state index contributed by atoms with van der Waals surface area (Å²) in [7, 11) is 3.29. The SMILES string of the molecule is COc1ccc(C(N)C2C(C)(C)C2(C)C)cc1OC. The van der Waals surface area contributed by atoms with Crippen molar-refractivity contribution in [2.75, 3.05) is 14.2 Å². The van der Waals surface area contributed by atoms with Crippen molar-refractivity contribution in [1.82, 2.24) is 0 Å². The molecule has 1 aliphatic carbocycles. The molecular formula is C16H25NO2. The van der Waals surface area contributed by atoms with E-state index in [9.17, 15) is 0 Å². The van der Waals surface area contributed by atoms with E-state index < -0.39 is 0 Å². The smallest absolute Gasteiger partial charge is 0.161 e. The molecule has 3 nitrogen and oxygen atoms in total. The minimum Gasteiger partial charge on any atom is -0.493 e. The van der Waals surface area contributed by atoms with Gasteiger partial charge in [-0.1, -0.05) is 33.8 Å². The van der Waals surface area contributed by atoms with E-state index in [0.29, 0.717) is 5.92 Å². The summed E-state index contributed by atoms with van der Waals surface area (Å²) < 4.78 is 10.6. The summed E-state index contributed by atoms with van der Waals surface area (Å²) in [5.41, 5.74) is 8.14. The van der Waals surface area contributed by atoms with Crippen LogP contribution in [0.1, 0.15) is 39.3 Å². The van der Waals surface area contributed by atoms with E-state index in [1.807, 2.05) is 18.2 Å². The maximum atomic E-state index is 6.47. The molecule has 0 radical (unpaired) electrons. The fourth-order valence-corrected chi connectivity index (χ4v) is 3.40. The summed E-state index contributed by atoms with van der Waals surface area (Å²) in [4.78, 5) is 0. The van der Waals surface area contributed by atoms with E-state index >= 15 is 0 Å². The summed E-state index contributed by atoms with van der Waals surface area (Å²) in [6.45, 7) is 9.16. The first-order chi connectivity index (χ1) is 8.77. The standard InChI is InChI=1S/C16H25NO2/c1-15(2)14(16(15,3)4)13(17)10-7-8-11(18-5)12(9-10)19-6/h7-9,13-14H,17H2,1-6H3. The minimum absolute atomic E-state index is 0.0322. The van der Waals surface area contributed by atoms with Crippen molar-refractivity contribution >= 4 is 0 Å². The first-order valence-corrected chi connectivity index (χ1v) is 6.75. The lowest BCUT2D eigenvalue weighted by Gasteiger charge is -2.16. The monoisotopic (exact) mass is 263 g/mol. The maximum absolute atomic E-state index is 6.47. The zero-order chi connectivity index (χ0) is 14.4. The number of benzene rings is 1. The Kier molecular flexibility index (Phi) is 3.29. The van der Waals surface area contributed by atoms with Gasteiger partial charge in [0.25, 0.3) is 0 Å². The molecule has 1 saturated carbocycles. The van der Waals surface area contributed by atoms with Gasteiger partial charge in [0.05, 0.1) is 14.2 Å². The van der Waals surface area contributed by atoms with Crippen LogP contribution < -0.4 is 15.2 Å². The van der Waals surface area contributed by atoms with Crippen molar-refractivity contribution in [2.24, 2.45) is 22.5 Å². The number of hydrogen-bond donors (Lipinski definition) is 1. The molecule has 1 unspecified atom stereocenters. The fourth-order valence-electron chi connectivity index (χ4n) is 3.40. The molecule has 1 atom stereocenters. The lowest BCUT2D eigenvalue weighted by atomic mass is 9.97. The zero-order valence-corrected chi connectivity index (χ0v) is 12.8. The van der Waals surface area contributed by atoms with Gasteiger partial charge in [-0.3, -0.25) is 0 Å². The first kappa shape index (κ1) is 14.2. The minimum atomic E-state index is 0.0322. The largest absolute Gasteiger partial charge is 0.493 e. The Morgan fingerprint density at radius 2 is 1.53 bits per heavy atom. The van der Waals surface area contributed by atoms with Gasteiger partial charge in [0.15, 0.2) is 11.5 Å². The Morgan fingerprint density at radius 3 is 1.95 bits per heavy atom. The van der Waals surface area contributed by atoms with E-state index in [1.165, 1.54) is 0 Å². The van der Waals surface area contributed by atoms with Crippen LogP contribution in [0.15, 0.2) is 18.2 Å². The van der Waals surface area contributed by atoms with Crippen molar-refractivity contribution < 1.29 is 9.47 Å². The highest BCUT2D eigenvalue weighted by molar-refractivity contribution is 5.44. The molecule has 2 N–H and O–H groups in total. The Bertz CT molecular complexity index is 466. The second kappa shape index (κ2) is 4.41. The van der Waals surface area contributed by atoms with E-state index in [4.69, 9.17) is 15.2 Å². The Morgan fingerprint density at radius 1 is 1.00 bits per heavy atom. The Labute approximate surface area is 116 Å². The van der Waals surface area contributed by atoms with Gasteiger partial charge >= 0.3 is 0 Å². The van der Waals surface area contributed by atoms with Gasteiger partial charge in [-0.15, -0.1) is 0 Å². The van der Waals surface area contributed by atoms with Gasteiger partial charge in [-0.25, -0.2) is 0 Å². The molecule has 0 aliphatic heterocycles. The first-order valence-electron chi connectivity index (χ1n) is 6.75. The molecule has 1 fully saturated rings. The third-order valence-corrected chi connectivity index (χ3v) is 5.28. The van der Waals surface area contributed by atoms with Crippen molar-refractivity contribution in [1.29, 1.82) is 0 Å². The number of methoxy groups -OCH3 is 2. The molecule has 3 heteroatoms. The second-order valence-electron chi connectivity index (χ2n) is 6.56. The van der Waals surface area contributed by atoms with Gasteiger partial charge in [-0.2, -0.15) is 0 Å². The summed E-state index contributed by atoms with van der Waals surface area (Å²) in [5.74, 6) is 1.97. The average Bonchev–Trinajstić information content (AvgIpc) is 2.78. The van der Waals surface area contributed by atoms with E-state index in [-0.39, 0.29) is 16.9 Å². The molecule has 19 heavy (non-hydrogen) atoms. The van der Waals surface area contributed by atoms with Crippen LogP contribution >= 0.6 is 0 Å². The van der Waals surface area contributed by atoms with Crippen LogP contribution in [0.5, 0.6) is 11.5 Å². The summed E-state index contributed by atoms with van der Waals surface area (Å²) in [6, 6.07) is 5.99. The molecule has 0 aromatic heterocycles. The number of ether oxygens (including phenoxy) is 2. The summed E-state index contributed by atoms with van der Waals surface area (Å²) >= 11 is 0. The van der Waals surface area contributed by atoms with Crippen LogP contribution in [0, 0.1) is 16.7 Å². The molecule has 0 bridgehead atoms. The molecular weight excluding hydrogens is 238 g/mol. The lowest BCUT2D eigenvalue weighted by molar-refractivity contribution is 0.353. The van der Waals surface area contributed by atoms with Crippen molar-refractivity contribution in [3.05, 3.63) is 23.8 Å². The fraction of sp³-hybridized carbons (Fsp3) is 0.625. The topological polar surface area (TPSA) is 44.5 Å². The third-order valence-electron chi connectivity index (χ3n) is 5.28. The molecule has 106 valence electrons. The second-order valence-corrected chi connectivity index (χ2v) is 6.56. The molecule has 0 heterocycles. The molecule has 0 amide bonds. The maximum Gasteiger partial charge on any atom is 0.161 e. The molecule has 0 spiro atoms. The van der Waals surface area contributed by atoms with Gasteiger partial charge in [-0.05, 0) is 34.4 Å². The zero-order valence-electron chi connectivity index (χ0n) is 12.8. The predicted molar refractivity (Wildman–Crippen MR) is 77.5 cm³/mol. The van der Waals surface area contributed by atoms with Crippen LogP contribution in [0.3, 0.4) is 0 Å². The van der Waals surface area contributed by atoms with Crippen molar-refractivity contribution in [2.45, 2.75) is 33.7 Å². The van der Waals surface area contributed by atoms with Crippen LogP contribution in [0.2, 0.25) is 0 Å². The quantitative estimate of drug-likeness (QED) is 0.905. The lowest BCUT2D eigenvalue weighted by Crippen LogP contribution is -2.16. The van der Waals surface area contributed by atoms with Crippen LogP contribution in [0.4, 0.5) is 0 Å². The normalized spacial score (nSPS) is 21.8. The third kappa shape index (κ3) is 2.00. The van der Waals surface area contributed by atoms with Gasteiger partial charge in [0.2, 0.25) is 0 Å². The highest BCUT2D eigenvalue weighted by Gasteiger charge is 2.66. The van der Waals surface area contributed by atoms with Crippen LogP contribution in [0.25, 0.3) is 0 Å². The van der Waals surface area contributed by atoms with E-state index in [2.05, 4.69) is 27.7 Å². The Balaban J connectivity index is 2.29.